The lowest BCUT2D eigenvalue weighted by Gasteiger charge is -2.39. The molecule has 0 aliphatic carbocycles. The maximum Gasteiger partial charge on any atom is 0.460 e. The van der Waals surface area contributed by atoms with Crippen molar-refractivity contribution >= 4 is 24.0 Å². The lowest BCUT2D eigenvalue weighted by molar-refractivity contribution is -0.439. The first-order chi connectivity index (χ1) is 8.81. The fraction of sp³-hybridized carbons (Fsp3) is 1.00. The Hall–Kier alpha value is -0.180. The molecule has 0 aromatic heterocycles. The van der Waals surface area contributed by atoms with Crippen molar-refractivity contribution < 1.29 is 57.1 Å². The summed E-state index contributed by atoms with van der Waals surface area (Å²) in [6.07, 6.45) is -9.57. The van der Waals surface area contributed by atoms with Gasteiger partial charge in [-0.25, -0.2) is 0 Å². The fourth-order valence-electron chi connectivity index (χ4n) is 1.02. The summed E-state index contributed by atoms with van der Waals surface area (Å²) in [7, 11) is 0. The Labute approximate surface area is 131 Å². The Morgan fingerprint density at radius 3 is 1.00 bits per heavy atom. The Morgan fingerprint density at radius 2 is 0.773 bits per heavy atom. The van der Waals surface area contributed by atoms with E-state index in [0.717, 1.165) is 0 Å². The van der Waals surface area contributed by atoms with E-state index in [2.05, 4.69) is 0 Å². The quantitative estimate of drug-likeness (QED) is 0.350. The summed E-state index contributed by atoms with van der Waals surface area (Å²) in [6.45, 7) is 0.115. The van der Waals surface area contributed by atoms with Crippen LogP contribution in [-0.2, 0) is 0 Å². The van der Waals surface area contributed by atoms with Crippen LogP contribution in [0.1, 0.15) is 13.3 Å². The van der Waals surface area contributed by atoms with E-state index < -0.39 is 42.2 Å². The SMILES string of the molecule is CCC(F)(F)C(F)(F)C(F)(F)C(F)(F)C(F)(F)C(F)(F)F.I. The van der Waals surface area contributed by atoms with E-state index in [4.69, 9.17) is 0 Å². The number of alkyl halides is 13. The van der Waals surface area contributed by atoms with E-state index in [0.29, 0.717) is 0 Å². The van der Waals surface area contributed by atoms with Crippen molar-refractivity contribution in [1.82, 2.24) is 0 Å². The molecule has 0 unspecified atom stereocenters. The van der Waals surface area contributed by atoms with Gasteiger partial charge >= 0.3 is 35.8 Å². The molecule has 0 nitrogen and oxygen atoms in total. The molecule has 0 aliphatic rings. The highest BCUT2D eigenvalue weighted by molar-refractivity contribution is 14.0. The minimum absolute atomic E-state index is 0. The van der Waals surface area contributed by atoms with Crippen LogP contribution >= 0.6 is 24.0 Å². The number of rotatable bonds is 5. The van der Waals surface area contributed by atoms with Crippen molar-refractivity contribution in [2.75, 3.05) is 0 Å². The summed E-state index contributed by atoms with van der Waals surface area (Å²) in [5, 5.41) is 0. The molecule has 0 aromatic carbocycles. The van der Waals surface area contributed by atoms with Gasteiger partial charge in [0.2, 0.25) is 0 Å². The van der Waals surface area contributed by atoms with Crippen LogP contribution in [0.2, 0.25) is 0 Å². The van der Waals surface area contributed by atoms with Crippen LogP contribution < -0.4 is 0 Å². The lowest BCUT2D eigenvalue weighted by Crippen LogP contribution is -2.69. The number of halogens is 14. The first-order valence-corrected chi connectivity index (χ1v) is 4.77. The maximum absolute atomic E-state index is 12.7. The topological polar surface area (TPSA) is 0 Å². The molecule has 0 spiro atoms. The standard InChI is InChI=1S/C8H5F13.HI/c1-2-3(9,10)4(11,12)5(13,14)6(15,16)7(17,18)8(19,20)21;/h2H2,1H3;1H. The molecule has 0 amide bonds. The Balaban J connectivity index is 0. The van der Waals surface area contributed by atoms with Gasteiger partial charge in [0.05, 0.1) is 0 Å². The van der Waals surface area contributed by atoms with Gasteiger partial charge in [-0.15, -0.1) is 24.0 Å². The van der Waals surface area contributed by atoms with Gasteiger partial charge in [-0.3, -0.25) is 0 Å². The molecule has 0 radical (unpaired) electrons. The minimum atomic E-state index is -7.81. The predicted molar refractivity (Wildman–Crippen MR) is 56.5 cm³/mol. The highest BCUT2D eigenvalue weighted by Crippen LogP contribution is 2.60. The highest BCUT2D eigenvalue weighted by Gasteiger charge is 2.90. The molecular weight excluding hydrogens is 470 g/mol. The molecule has 0 aliphatic heterocycles. The van der Waals surface area contributed by atoms with Crippen LogP contribution in [0.4, 0.5) is 57.1 Å². The molecule has 0 atom stereocenters. The Bertz CT molecular complexity index is 382. The number of hydrogen-bond donors (Lipinski definition) is 0. The first kappa shape index (κ1) is 24.1. The van der Waals surface area contributed by atoms with Gasteiger partial charge in [-0.1, -0.05) is 6.92 Å². The molecule has 0 heterocycles. The molecule has 22 heavy (non-hydrogen) atoms. The third kappa shape index (κ3) is 3.07. The van der Waals surface area contributed by atoms with Gasteiger partial charge < -0.3 is 0 Å². The molecule has 0 aromatic rings. The second-order valence-electron chi connectivity index (χ2n) is 3.85. The predicted octanol–water partition coefficient (Wildman–Crippen LogP) is 5.75. The van der Waals surface area contributed by atoms with E-state index in [1.54, 1.807) is 0 Å². The van der Waals surface area contributed by atoms with Crippen LogP contribution in [-0.4, -0.2) is 35.8 Å². The minimum Gasteiger partial charge on any atom is -0.200 e. The first-order valence-electron chi connectivity index (χ1n) is 4.77. The second kappa shape index (κ2) is 6.03. The summed E-state index contributed by atoms with van der Waals surface area (Å²) in [6, 6.07) is 0. The molecule has 0 bridgehead atoms. The average molecular weight is 476 g/mol. The lowest BCUT2D eigenvalue weighted by atomic mass is 9.93. The van der Waals surface area contributed by atoms with Gasteiger partial charge in [0.25, 0.3) is 0 Å². The normalized spacial score (nSPS) is 15.5. The van der Waals surface area contributed by atoms with Gasteiger partial charge in [0, 0.05) is 6.42 Å². The van der Waals surface area contributed by atoms with Crippen molar-refractivity contribution in [2.24, 2.45) is 0 Å². The average Bonchev–Trinajstić information content (AvgIpc) is 2.26. The molecule has 0 saturated heterocycles. The van der Waals surface area contributed by atoms with E-state index in [1.165, 1.54) is 0 Å². The highest BCUT2D eigenvalue weighted by atomic mass is 127. The number of hydrogen-bond acceptors (Lipinski definition) is 0. The van der Waals surface area contributed by atoms with E-state index >= 15 is 0 Å². The zero-order valence-corrected chi connectivity index (χ0v) is 12.4. The summed E-state index contributed by atoms with van der Waals surface area (Å²) in [5.74, 6) is -36.2. The van der Waals surface area contributed by atoms with Gasteiger partial charge in [0.1, 0.15) is 0 Å². The molecule has 0 N–H and O–H groups in total. The summed E-state index contributed by atoms with van der Waals surface area (Å²) in [5.41, 5.74) is 0. The van der Waals surface area contributed by atoms with Gasteiger partial charge in [-0.2, -0.15) is 57.1 Å². The monoisotopic (exact) mass is 476 g/mol. The summed E-state index contributed by atoms with van der Waals surface area (Å²) < 4.78 is 161. The van der Waals surface area contributed by atoms with Crippen LogP contribution in [0.25, 0.3) is 0 Å². The van der Waals surface area contributed by atoms with Crippen molar-refractivity contribution in [2.45, 2.75) is 49.1 Å². The van der Waals surface area contributed by atoms with Crippen LogP contribution in [0.15, 0.2) is 0 Å². The Kier molecular flexibility index (Phi) is 6.60. The summed E-state index contributed by atoms with van der Waals surface area (Å²) >= 11 is 0. The van der Waals surface area contributed by atoms with E-state index in [9.17, 15) is 57.1 Å². The van der Waals surface area contributed by atoms with Crippen LogP contribution in [0, 0.1) is 0 Å². The second-order valence-corrected chi connectivity index (χ2v) is 3.85. The smallest absolute Gasteiger partial charge is 0.200 e. The molecule has 0 saturated carbocycles. The fourth-order valence-corrected chi connectivity index (χ4v) is 1.02. The van der Waals surface area contributed by atoms with E-state index in [1.807, 2.05) is 0 Å². The molecule has 136 valence electrons. The van der Waals surface area contributed by atoms with Crippen molar-refractivity contribution in [3.63, 3.8) is 0 Å². The van der Waals surface area contributed by atoms with E-state index in [-0.39, 0.29) is 30.9 Å². The zero-order chi connectivity index (χ0) is 17.7. The molecule has 0 fully saturated rings. The van der Waals surface area contributed by atoms with Crippen molar-refractivity contribution in [3.05, 3.63) is 0 Å². The van der Waals surface area contributed by atoms with Crippen LogP contribution in [0.5, 0.6) is 0 Å². The molecular formula is C8H6F13I. The van der Waals surface area contributed by atoms with Gasteiger partial charge in [0.15, 0.2) is 0 Å². The molecule has 14 heteroatoms. The summed E-state index contributed by atoms with van der Waals surface area (Å²) in [4.78, 5) is 0. The van der Waals surface area contributed by atoms with Crippen molar-refractivity contribution in [1.29, 1.82) is 0 Å². The third-order valence-electron chi connectivity index (χ3n) is 2.44. The largest absolute Gasteiger partial charge is 0.460 e. The van der Waals surface area contributed by atoms with Crippen LogP contribution in [0.3, 0.4) is 0 Å². The third-order valence-corrected chi connectivity index (χ3v) is 2.44. The Morgan fingerprint density at radius 1 is 0.500 bits per heavy atom. The van der Waals surface area contributed by atoms with Crippen molar-refractivity contribution in [3.8, 4) is 0 Å². The van der Waals surface area contributed by atoms with Gasteiger partial charge in [-0.05, 0) is 0 Å². The maximum atomic E-state index is 12.7. The molecule has 0 rings (SSSR count). The zero-order valence-electron chi connectivity index (χ0n) is 10.0.